The molecule has 0 aromatic heterocycles. The van der Waals surface area contributed by atoms with Crippen LogP contribution in [-0.2, 0) is 9.59 Å². The molecule has 0 unspecified atom stereocenters. The second-order valence-electron chi connectivity index (χ2n) is 6.52. The summed E-state index contributed by atoms with van der Waals surface area (Å²) in [6, 6.07) is 3.91. The van der Waals surface area contributed by atoms with Gasteiger partial charge in [-0.15, -0.1) is 0 Å². The molecular weight excluding hydrogens is 302 g/mol. The van der Waals surface area contributed by atoms with E-state index in [1.165, 1.54) is 11.0 Å². The van der Waals surface area contributed by atoms with Crippen LogP contribution in [-0.4, -0.2) is 30.4 Å². The molecule has 0 spiro atoms. The first-order valence-electron chi connectivity index (χ1n) is 8.40. The zero-order chi connectivity index (χ0) is 17.3. The third-order valence-corrected chi connectivity index (χ3v) is 4.77. The van der Waals surface area contributed by atoms with E-state index in [0.29, 0.717) is 12.5 Å². The van der Waals surface area contributed by atoms with Gasteiger partial charge in [0.1, 0.15) is 5.75 Å². The van der Waals surface area contributed by atoms with Crippen molar-refractivity contribution in [2.24, 2.45) is 5.92 Å². The molecule has 0 saturated heterocycles. The summed E-state index contributed by atoms with van der Waals surface area (Å²) < 4.78 is 5.36. The number of imide groups is 1. The molecule has 2 amide bonds. The van der Waals surface area contributed by atoms with Crippen molar-refractivity contribution in [2.45, 2.75) is 33.1 Å². The minimum Gasteiger partial charge on any atom is -0.496 e. The van der Waals surface area contributed by atoms with Crippen LogP contribution < -0.4 is 4.74 Å². The number of nitrogens with zero attached hydrogens (tertiary/aromatic N) is 1. The summed E-state index contributed by atoms with van der Waals surface area (Å²) in [6.07, 6.45) is 8.13. The lowest BCUT2D eigenvalue weighted by Gasteiger charge is -2.24. The summed E-state index contributed by atoms with van der Waals surface area (Å²) >= 11 is 0. The summed E-state index contributed by atoms with van der Waals surface area (Å²) in [5.74, 6) is 0.815. The molecule has 1 aromatic rings. The van der Waals surface area contributed by atoms with Crippen LogP contribution in [0.3, 0.4) is 0 Å². The van der Waals surface area contributed by atoms with Crippen LogP contribution in [0.1, 0.15) is 36.0 Å². The van der Waals surface area contributed by atoms with Crippen molar-refractivity contribution >= 4 is 17.9 Å². The molecule has 1 aromatic carbocycles. The first kappa shape index (κ1) is 16.5. The van der Waals surface area contributed by atoms with Crippen LogP contribution in [0.15, 0.2) is 29.9 Å². The molecule has 1 fully saturated rings. The second-order valence-corrected chi connectivity index (χ2v) is 6.52. The Kier molecular flexibility index (Phi) is 4.56. The van der Waals surface area contributed by atoms with Gasteiger partial charge in [0, 0.05) is 18.2 Å². The van der Waals surface area contributed by atoms with Gasteiger partial charge in [-0.05, 0) is 67.9 Å². The van der Waals surface area contributed by atoms with E-state index in [2.05, 4.69) is 0 Å². The maximum atomic E-state index is 12.4. The molecule has 0 radical (unpaired) electrons. The van der Waals surface area contributed by atoms with E-state index in [-0.39, 0.29) is 11.8 Å². The summed E-state index contributed by atoms with van der Waals surface area (Å²) in [4.78, 5) is 26.2. The molecule has 1 heterocycles. The van der Waals surface area contributed by atoms with Gasteiger partial charge in [0.05, 0.1) is 7.11 Å². The van der Waals surface area contributed by atoms with Crippen molar-refractivity contribution in [3.8, 4) is 5.75 Å². The van der Waals surface area contributed by atoms with Crippen molar-refractivity contribution in [3.63, 3.8) is 0 Å². The molecule has 1 aliphatic heterocycles. The lowest BCUT2D eigenvalue weighted by molar-refractivity contribution is -0.140. The fourth-order valence-electron chi connectivity index (χ4n) is 3.06. The Morgan fingerprint density at radius 3 is 2.71 bits per heavy atom. The molecule has 1 aliphatic carbocycles. The lowest BCUT2D eigenvalue weighted by Crippen LogP contribution is -2.40. The van der Waals surface area contributed by atoms with Crippen LogP contribution >= 0.6 is 0 Å². The third kappa shape index (κ3) is 3.28. The maximum absolute atomic E-state index is 12.4. The quantitative estimate of drug-likeness (QED) is 0.797. The minimum absolute atomic E-state index is 0.115. The Labute approximate surface area is 142 Å². The number of methoxy groups -OCH3 is 1. The van der Waals surface area contributed by atoms with E-state index in [9.17, 15) is 9.59 Å². The first-order valence-corrected chi connectivity index (χ1v) is 8.40. The molecule has 24 heavy (non-hydrogen) atoms. The van der Waals surface area contributed by atoms with Gasteiger partial charge in [0.15, 0.2) is 0 Å². The van der Waals surface area contributed by atoms with Gasteiger partial charge in [0.2, 0.25) is 0 Å². The number of ether oxygens (including phenoxy) is 1. The van der Waals surface area contributed by atoms with Crippen molar-refractivity contribution in [1.29, 1.82) is 0 Å². The van der Waals surface area contributed by atoms with Crippen LogP contribution in [0.5, 0.6) is 5.75 Å². The average molecular weight is 325 g/mol. The lowest BCUT2D eigenvalue weighted by atomic mass is 10.0. The largest absolute Gasteiger partial charge is 0.496 e. The highest BCUT2D eigenvalue weighted by Crippen LogP contribution is 2.38. The molecule has 1 saturated carbocycles. The van der Waals surface area contributed by atoms with Gasteiger partial charge < -0.3 is 4.74 Å². The summed E-state index contributed by atoms with van der Waals surface area (Å²) in [5.41, 5.74) is 3.92. The number of amides is 2. The molecule has 4 nitrogen and oxygen atoms in total. The van der Waals surface area contributed by atoms with Gasteiger partial charge in [-0.2, -0.15) is 0 Å². The molecular formula is C20H23NO3. The Hall–Kier alpha value is -2.36. The van der Waals surface area contributed by atoms with Gasteiger partial charge in [-0.3, -0.25) is 14.5 Å². The Bertz CT molecular complexity index is 741. The fraction of sp³-hybridized carbons (Fsp3) is 0.400. The standard InChI is InChI=1S/C20H23NO3/c1-13-11-15(12-18(24-3)14(13)2)6-9-19(22)21-10-4-5-17(20(21)23)16-7-8-16/h5-6,9,11-12,16H,4,7-8,10H2,1-3H3/b9-6+. The van der Waals surface area contributed by atoms with E-state index in [1.54, 1.807) is 13.2 Å². The zero-order valence-electron chi connectivity index (χ0n) is 14.5. The number of aryl methyl sites for hydroxylation is 1. The fourth-order valence-corrected chi connectivity index (χ4v) is 3.06. The maximum Gasteiger partial charge on any atom is 0.256 e. The molecule has 2 aliphatic rings. The molecule has 0 bridgehead atoms. The van der Waals surface area contributed by atoms with Crippen LogP contribution in [0.4, 0.5) is 0 Å². The van der Waals surface area contributed by atoms with Crippen LogP contribution in [0, 0.1) is 19.8 Å². The number of benzene rings is 1. The highest BCUT2D eigenvalue weighted by molar-refractivity contribution is 6.09. The molecule has 0 atom stereocenters. The number of hydrogen-bond acceptors (Lipinski definition) is 3. The van der Waals surface area contributed by atoms with Crippen LogP contribution in [0.25, 0.3) is 6.08 Å². The SMILES string of the molecule is COc1cc(/C=C/C(=O)N2CCC=C(C3CC3)C2=O)cc(C)c1C. The van der Waals surface area contributed by atoms with E-state index >= 15 is 0 Å². The minimum atomic E-state index is -0.247. The van der Waals surface area contributed by atoms with Crippen molar-refractivity contribution in [1.82, 2.24) is 4.90 Å². The average Bonchev–Trinajstić information content (AvgIpc) is 3.40. The Balaban J connectivity index is 1.75. The number of hydrogen-bond donors (Lipinski definition) is 0. The third-order valence-electron chi connectivity index (χ3n) is 4.77. The molecule has 126 valence electrons. The van der Waals surface area contributed by atoms with E-state index in [0.717, 1.165) is 47.3 Å². The monoisotopic (exact) mass is 325 g/mol. The topological polar surface area (TPSA) is 46.6 Å². The first-order chi connectivity index (χ1) is 11.5. The van der Waals surface area contributed by atoms with Crippen LogP contribution in [0.2, 0.25) is 0 Å². The summed E-state index contributed by atoms with van der Waals surface area (Å²) in [6.45, 7) is 4.48. The molecule has 0 N–H and O–H groups in total. The predicted molar refractivity (Wildman–Crippen MR) is 93.6 cm³/mol. The van der Waals surface area contributed by atoms with Gasteiger partial charge >= 0.3 is 0 Å². The molecule has 4 heteroatoms. The summed E-state index contributed by atoms with van der Waals surface area (Å²) in [5, 5.41) is 0. The van der Waals surface area contributed by atoms with Gasteiger partial charge in [-0.1, -0.05) is 12.1 Å². The highest BCUT2D eigenvalue weighted by atomic mass is 16.5. The number of rotatable bonds is 4. The highest BCUT2D eigenvalue weighted by Gasteiger charge is 2.35. The van der Waals surface area contributed by atoms with E-state index in [4.69, 9.17) is 4.74 Å². The Morgan fingerprint density at radius 1 is 1.29 bits per heavy atom. The second kappa shape index (κ2) is 6.63. The van der Waals surface area contributed by atoms with Gasteiger partial charge in [-0.25, -0.2) is 0 Å². The number of carbonyl (C=O) groups excluding carboxylic acids is 2. The predicted octanol–water partition coefficient (Wildman–Crippen LogP) is 3.42. The smallest absolute Gasteiger partial charge is 0.256 e. The van der Waals surface area contributed by atoms with Crippen molar-refractivity contribution < 1.29 is 14.3 Å². The number of carbonyl (C=O) groups is 2. The normalized spacial score (nSPS) is 18.0. The molecule has 3 rings (SSSR count). The van der Waals surface area contributed by atoms with Gasteiger partial charge in [0.25, 0.3) is 11.8 Å². The Morgan fingerprint density at radius 2 is 2.04 bits per heavy atom. The van der Waals surface area contributed by atoms with Crippen molar-refractivity contribution in [3.05, 3.63) is 46.5 Å². The van der Waals surface area contributed by atoms with Crippen molar-refractivity contribution in [2.75, 3.05) is 13.7 Å². The summed E-state index contributed by atoms with van der Waals surface area (Å²) in [7, 11) is 1.64. The van der Waals surface area contributed by atoms with E-state index in [1.807, 2.05) is 32.1 Å². The zero-order valence-corrected chi connectivity index (χ0v) is 14.5. The van der Waals surface area contributed by atoms with E-state index < -0.39 is 0 Å².